The van der Waals surface area contributed by atoms with Crippen LogP contribution < -0.4 is 5.32 Å². The quantitative estimate of drug-likeness (QED) is 0.423. The lowest BCUT2D eigenvalue weighted by atomic mass is 9.92. The summed E-state index contributed by atoms with van der Waals surface area (Å²) >= 11 is 6.22. The van der Waals surface area contributed by atoms with Gasteiger partial charge in [0, 0.05) is 34.6 Å². The van der Waals surface area contributed by atoms with E-state index in [4.69, 9.17) is 16.7 Å². The Bertz CT molecular complexity index is 1280. The molecular formula is C26H29ClN4O. The number of fused-ring (bicyclic) bond motifs is 1. The van der Waals surface area contributed by atoms with Gasteiger partial charge in [-0.1, -0.05) is 56.6 Å². The van der Waals surface area contributed by atoms with Crippen LogP contribution >= 0.6 is 11.6 Å². The van der Waals surface area contributed by atoms with Crippen molar-refractivity contribution in [3.8, 4) is 5.69 Å². The summed E-state index contributed by atoms with van der Waals surface area (Å²) in [6.07, 6.45) is 2.04. The predicted octanol–water partition coefficient (Wildman–Crippen LogP) is 5.73. The Morgan fingerprint density at radius 3 is 2.59 bits per heavy atom. The van der Waals surface area contributed by atoms with Gasteiger partial charge in [0.05, 0.1) is 29.5 Å². The Balaban J connectivity index is 1.60. The Hall–Kier alpha value is -3.05. The molecule has 1 N–H and O–H groups in total. The molecular weight excluding hydrogens is 420 g/mol. The largest absolute Gasteiger partial charge is 0.350 e. The molecule has 0 bridgehead atoms. The lowest BCUT2D eigenvalue weighted by Crippen LogP contribution is -2.28. The Morgan fingerprint density at radius 2 is 1.88 bits per heavy atom. The second-order valence-corrected chi connectivity index (χ2v) is 9.75. The fraction of sp³-hybridized carbons (Fsp3) is 0.308. The zero-order valence-electron chi connectivity index (χ0n) is 19.2. The molecule has 1 amide bonds. The molecule has 0 aliphatic heterocycles. The standard InChI is InChI=1S/C26H29ClN4O/c1-17(22-16-30(5)23-12-7-6-11-21(22)23)25(32)28-15-20-14-24(26(2,3)4)29-31(20)19-10-8-9-18(27)13-19/h6-14,16-17H,15H2,1-5H3,(H,28,32). The van der Waals surface area contributed by atoms with E-state index in [0.29, 0.717) is 11.6 Å². The van der Waals surface area contributed by atoms with Gasteiger partial charge < -0.3 is 9.88 Å². The van der Waals surface area contributed by atoms with Crippen LogP contribution in [0.4, 0.5) is 0 Å². The molecule has 0 saturated heterocycles. The average molecular weight is 449 g/mol. The summed E-state index contributed by atoms with van der Waals surface area (Å²) in [6, 6.07) is 17.8. The van der Waals surface area contributed by atoms with Crippen LogP contribution in [0.15, 0.2) is 60.8 Å². The van der Waals surface area contributed by atoms with Crippen LogP contribution in [-0.2, 0) is 23.8 Å². The van der Waals surface area contributed by atoms with Crippen molar-refractivity contribution in [3.05, 3.63) is 82.8 Å². The van der Waals surface area contributed by atoms with Crippen molar-refractivity contribution in [1.29, 1.82) is 0 Å². The minimum Gasteiger partial charge on any atom is -0.350 e. The summed E-state index contributed by atoms with van der Waals surface area (Å²) in [6.45, 7) is 8.71. The number of amides is 1. The van der Waals surface area contributed by atoms with E-state index in [-0.39, 0.29) is 17.2 Å². The highest BCUT2D eigenvalue weighted by atomic mass is 35.5. The second-order valence-electron chi connectivity index (χ2n) is 9.31. The number of carbonyl (C=O) groups is 1. The van der Waals surface area contributed by atoms with Gasteiger partial charge in [-0.3, -0.25) is 4.79 Å². The van der Waals surface area contributed by atoms with E-state index in [2.05, 4.69) is 48.9 Å². The van der Waals surface area contributed by atoms with Crippen LogP contribution in [0.3, 0.4) is 0 Å². The van der Waals surface area contributed by atoms with Crippen molar-refractivity contribution in [2.75, 3.05) is 0 Å². The summed E-state index contributed by atoms with van der Waals surface area (Å²) in [4.78, 5) is 13.1. The normalized spacial score (nSPS) is 12.8. The summed E-state index contributed by atoms with van der Waals surface area (Å²) in [5.41, 5.74) is 4.79. The number of nitrogens with zero attached hydrogens (tertiary/aromatic N) is 3. The number of halogens is 1. The number of aryl methyl sites for hydroxylation is 1. The lowest BCUT2D eigenvalue weighted by Gasteiger charge is -2.14. The summed E-state index contributed by atoms with van der Waals surface area (Å²) < 4.78 is 3.94. The van der Waals surface area contributed by atoms with Crippen LogP contribution in [0.1, 0.15) is 50.6 Å². The second kappa shape index (κ2) is 8.47. The zero-order valence-corrected chi connectivity index (χ0v) is 19.9. The highest BCUT2D eigenvalue weighted by Gasteiger charge is 2.23. The molecule has 5 nitrogen and oxygen atoms in total. The van der Waals surface area contributed by atoms with E-state index < -0.39 is 0 Å². The first kappa shape index (κ1) is 22.2. The Morgan fingerprint density at radius 1 is 1.12 bits per heavy atom. The molecule has 2 aromatic carbocycles. The molecule has 1 atom stereocenters. The first-order valence-corrected chi connectivity index (χ1v) is 11.2. The van der Waals surface area contributed by atoms with E-state index in [0.717, 1.165) is 33.5 Å². The third kappa shape index (κ3) is 4.30. The van der Waals surface area contributed by atoms with Gasteiger partial charge in [0.1, 0.15) is 0 Å². The number of carbonyl (C=O) groups excluding carboxylic acids is 1. The maximum Gasteiger partial charge on any atom is 0.227 e. The monoisotopic (exact) mass is 448 g/mol. The molecule has 2 aromatic heterocycles. The van der Waals surface area contributed by atoms with Gasteiger partial charge in [-0.25, -0.2) is 4.68 Å². The van der Waals surface area contributed by atoms with Crippen LogP contribution in [-0.4, -0.2) is 20.3 Å². The topological polar surface area (TPSA) is 51.9 Å². The number of hydrogen-bond donors (Lipinski definition) is 1. The molecule has 2 heterocycles. The number of rotatable bonds is 5. The minimum absolute atomic E-state index is 0.0162. The number of aromatic nitrogens is 3. The van der Waals surface area contributed by atoms with Crippen molar-refractivity contribution < 1.29 is 4.79 Å². The van der Waals surface area contributed by atoms with Crippen LogP contribution in [0.5, 0.6) is 0 Å². The molecule has 4 aromatic rings. The third-order valence-corrected chi connectivity index (χ3v) is 6.07. The van der Waals surface area contributed by atoms with Crippen LogP contribution in [0.25, 0.3) is 16.6 Å². The van der Waals surface area contributed by atoms with Gasteiger partial charge in [-0.15, -0.1) is 0 Å². The maximum absolute atomic E-state index is 13.1. The maximum atomic E-state index is 13.1. The highest BCUT2D eigenvalue weighted by Crippen LogP contribution is 2.28. The van der Waals surface area contributed by atoms with Crippen molar-refractivity contribution in [3.63, 3.8) is 0 Å². The Kier molecular flexibility index (Phi) is 5.87. The minimum atomic E-state index is -0.272. The van der Waals surface area contributed by atoms with E-state index in [1.165, 1.54) is 0 Å². The molecule has 0 aliphatic rings. The van der Waals surface area contributed by atoms with E-state index in [1.807, 2.05) is 61.2 Å². The van der Waals surface area contributed by atoms with E-state index >= 15 is 0 Å². The van der Waals surface area contributed by atoms with Gasteiger partial charge in [-0.05, 0) is 42.8 Å². The van der Waals surface area contributed by atoms with Gasteiger partial charge in [0.2, 0.25) is 5.91 Å². The summed E-state index contributed by atoms with van der Waals surface area (Å²) in [5.74, 6) is -0.289. The van der Waals surface area contributed by atoms with Gasteiger partial charge in [0.25, 0.3) is 0 Å². The molecule has 0 aliphatic carbocycles. The molecule has 0 radical (unpaired) electrons. The summed E-state index contributed by atoms with van der Waals surface area (Å²) in [5, 5.41) is 9.70. The van der Waals surface area contributed by atoms with Crippen molar-refractivity contribution in [2.24, 2.45) is 7.05 Å². The number of hydrogen-bond acceptors (Lipinski definition) is 2. The zero-order chi connectivity index (χ0) is 23.0. The molecule has 166 valence electrons. The van der Waals surface area contributed by atoms with Crippen molar-refractivity contribution in [1.82, 2.24) is 19.7 Å². The van der Waals surface area contributed by atoms with Crippen molar-refractivity contribution in [2.45, 2.75) is 45.6 Å². The van der Waals surface area contributed by atoms with Crippen LogP contribution in [0.2, 0.25) is 5.02 Å². The molecule has 1 unspecified atom stereocenters. The van der Waals surface area contributed by atoms with Gasteiger partial charge in [0.15, 0.2) is 0 Å². The van der Waals surface area contributed by atoms with Crippen molar-refractivity contribution >= 4 is 28.4 Å². The van der Waals surface area contributed by atoms with Gasteiger partial charge in [-0.2, -0.15) is 5.10 Å². The SMILES string of the molecule is CC(C(=O)NCc1cc(C(C)(C)C)nn1-c1cccc(Cl)c1)c1cn(C)c2ccccc12. The molecule has 4 rings (SSSR count). The smallest absolute Gasteiger partial charge is 0.227 e. The average Bonchev–Trinajstić information content (AvgIpc) is 3.33. The molecule has 0 saturated carbocycles. The molecule has 0 fully saturated rings. The highest BCUT2D eigenvalue weighted by molar-refractivity contribution is 6.30. The molecule has 0 spiro atoms. The first-order valence-electron chi connectivity index (χ1n) is 10.8. The fourth-order valence-electron chi connectivity index (χ4n) is 3.93. The van der Waals surface area contributed by atoms with Crippen LogP contribution in [0, 0.1) is 0 Å². The van der Waals surface area contributed by atoms with E-state index in [9.17, 15) is 4.79 Å². The Labute approximate surface area is 194 Å². The lowest BCUT2D eigenvalue weighted by molar-refractivity contribution is -0.122. The first-order chi connectivity index (χ1) is 15.1. The van der Waals surface area contributed by atoms with Gasteiger partial charge >= 0.3 is 0 Å². The predicted molar refractivity (Wildman–Crippen MR) is 130 cm³/mol. The molecule has 32 heavy (non-hydrogen) atoms. The number of nitrogens with one attached hydrogen (secondary N) is 1. The molecule has 6 heteroatoms. The third-order valence-electron chi connectivity index (χ3n) is 5.84. The summed E-state index contributed by atoms with van der Waals surface area (Å²) in [7, 11) is 2.01. The number of benzene rings is 2. The number of para-hydroxylation sites is 1. The fourth-order valence-corrected chi connectivity index (χ4v) is 4.12. The van der Waals surface area contributed by atoms with E-state index in [1.54, 1.807) is 0 Å².